The number of carboxylic acid groups (broad SMARTS) is 1. The zero-order chi connectivity index (χ0) is 13.9. The first kappa shape index (κ1) is 14.3. The van der Waals surface area contributed by atoms with Gasteiger partial charge in [-0.1, -0.05) is 12.8 Å². The summed E-state index contributed by atoms with van der Waals surface area (Å²) in [7, 11) is 0. The Bertz CT molecular complexity index is 333. The van der Waals surface area contributed by atoms with Crippen LogP contribution in [0.1, 0.15) is 51.4 Å². The topological polar surface area (TPSA) is 43.8 Å². The third-order valence-corrected chi connectivity index (χ3v) is 5.67. The van der Waals surface area contributed by atoms with Crippen LogP contribution in [0.5, 0.6) is 0 Å². The van der Waals surface area contributed by atoms with E-state index in [1.807, 2.05) is 0 Å². The van der Waals surface area contributed by atoms with Gasteiger partial charge in [0.15, 0.2) is 0 Å². The normalized spacial score (nSPS) is 34.4. The van der Waals surface area contributed by atoms with Gasteiger partial charge in [0.1, 0.15) is 0 Å². The summed E-state index contributed by atoms with van der Waals surface area (Å²) < 4.78 is 0. The van der Waals surface area contributed by atoms with Crippen molar-refractivity contribution in [3.8, 4) is 0 Å². The molecular formula is C16H28N2O2. The fourth-order valence-electron chi connectivity index (χ4n) is 4.53. The summed E-state index contributed by atoms with van der Waals surface area (Å²) in [6.45, 7) is 4.78. The molecule has 0 amide bonds. The second-order valence-corrected chi connectivity index (χ2v) is 6.81. The Morgan fingerprint density at radius 3 is 2.15 bits per heavy atom. The van der Waals surface area contributed by atoms with Crippen molar-refractivity contribution in [2.75, 3.05) is 26.2 Å². The monoisotopic (exact) mass is 280 g/mol. The average Bonchev–Trinajstić information content (AvgIpc) is 2.98. The second-order valence-electron chi connectivity index (χ2n) is 6.81. The Labute approximate surface area is 122 Å². The van der Waals surface area contributed by atoms with Crippen molar-refractivity contribution < 1.29 is 9.90 Å². The molecule has 1 aliphatic carbocycles. The van der Waals surface area contributed by atoms with Crippen LogP contribution in [0.15, 0.2) is 0 Å². The highest BCUT2D eigenvalue weighted by Crippen LogP contribution is 2.32. The van der Waals surface area contributed by atoms with E-state index in [-0.39, 0.29) is 5.92 Å². The van der Waals surface area contributed by atoms with Crippen LogP contribution in [0.25, 0.3) is 0 Å². The molecule has 2 heterocycles. The Hall–Kier alpha value is -0.610. The summed E-state index contributed by atoms with van der Waals surface area (Å²) in [5.41, 5.74) is 0. The Kier molecular flexibility index (Phi) is 4.61. The molecule has 0 aromatic heterocycles. The third kappa shape index (κ3) is 3.01. The van der Waals surface area contributed by atoms with Gasteiger partial charge in [0, 0.05) is 12.1 Å². The molecule has 2 saturated heterocycles. The summed E-state index contributed by atoms with van der Waals surface area (Å²) in [5, 5.41) is 9.34. The SMILES string of the molecule is O=C(O)C1CCCC1N1CCC(N2CCCCC2)CC1. The Balaban J connectivity index is 1.51. The maximum absolute atomic E-state index is 11.3. The van der Waals surface area contributed by atoms with Gasteiger partial charge in [0.05, 0.1) is 5.92 Å². The lowest BCUT2D eigenvalue weighted by Gasteiger charge is -2.42. The van der Waals surface area contributed by atoms with Gasteiger partial charge >= 0.3 is 5.97 Å². The number of nitrogens with zero attached hydrogens (tertiary/aromatic N) is 2. The minimum absolute atomic E-state index is 0.110. The molecule has 0 radical (unpaired) electrons. The van der Waals surface area contributed by atoms with Crippen molar-refractivity contribution in [2.24, 2.45) is 5.92 Å². The van der Waals surface area contributed by atoms with Gasteiger partial charge in [-0.2, -0.15) is 0 Å². The number of aliphatic carboxylic acids is 1. The average molecular weight is 280 g/mol. The molecule has 2 atom stereocenters. The van der Waals surface area contributed by atoms with Gasteiger partial charge in [0.2, 0.25) is 0 Å². The smallest absolute Gasteiger partial charge is 0.308 e. The van der Waals surface area contributed by atoms with Crippen LogP contribution in [-0.4, -0.2) is 59.1 Å². The van der Waals surface area contributed by atoms with Gasteiger partial charge in [-0.3, -0.25) is 9.69 Å². The lowest BCUT2D eigenvalue weighted by molar-refractivity contribution is -0.143. The van der Waals surface area contributed by atoms with Crippen LogP contribution < -0.4 is 0 Å². The van der Waals surface area contributed by atoms with Gasteiger partial charge < -0.3 is 10.0 Å². The molecule has 3 rings (SSSR count). The minimum Gasteiger partial charge on any atom is -0.481 e. The number of carboxylic acids is 1. The van der Waals surface area contributed by atoms with Crippen LogP contribution in [0.3, 0.4) is 0 Å². The highest BCUT2D eigenvalue weighted by Gasteiger charge is 2.38. The van der Waals surface area contributed by atoms with E-state index in [4.69, 9.17) is 0 Å². The van der Waals surface area contributed by atoms with Crippen molar-refractivity contribution in [2.45, 2.75) is 63.5 Å². The summed E-state index contributed by atoms with van der Waals surface area (Å²) >= 11 is 0. The molecule has 2 aliphatic heterocycles. The molecular weight excluding hydrogens is 252 g/mol. The lowest BCUT2D eigenvalue weighted by Crippen LogP contribution is -2.50. The van der Waals surface area contributed by atoms with Crippen LogP contribution in [-0.2, 0) is 4.79 Å². The van der Waals surface area contributed by atoms with E-state index in [1.165, 1.54) is 45.2 Å². The van der Waals surface area contributed by atoms with Crippen molar-refractivity contribution in [3.63, 3.8) is 0 Å². The summed E-state index contributed by atoms with van der Waals surface area (Å²) in [5.74, 6) is -0.688. The zero-order valence-electron chi connectivity index (χ0n) is 12.5. The number of likely N-dealkylation sites (tertiary alicyclic amines) is 2. The van der Waals surface area contributed by atoms with Crippen LogP contribution in [0.2, 0.25) is 0 Å². The Morgan fingerprint density at radius 2 is 1.50 bits per heavy atom. The van der Waals surface area contributed by atoms with E-state index in [9.17, 15) is 9.90 Å². The Morgan fingerprint density at radius 1 is 0.800 bits per heavy atom. The summed E-state index contributed by atoms with van der Waals surface area (Å²) in [4.78, 5) is 16.5. The first-order valence-corrected chi connectivity index (χ1v) is 8.46. The molecule has 2 unspecified atom stereocenters. The van der Waals surface area contributed by atoms with Crippen LogP contribution >= 0.6 is 0 Å². The maximum Gasteiger partial charge on any atom is 0.308 e. The first-order valence-electron chi connectivity index (χ1n) is 8.46. The van der Waals surface area contributed by atoms with E-state index in [2.05, 4.69) is 9.80 Å². The van der Waals surface area contributed by atoms with E-state index >= 15 is 0 Å². The molecule has 0 spiro atoms. The summed E-state index contributed by atoms with van der Waals surface area (Å²) in [6, 6.07) is 1.08. The predicted octanol–water partition coefficient (Wildman–Crippen LogP) is 2.19. The van der Waals surface area contributed by atoms with E-state index in [1.54, 1.807) is 0 Å². The summed E-state index contributed by atoms with van der Waals surface area (Å²) in [6.07, 6.45) is 9.67. The largest absolute Gasteiger partial charge is 0.481 e. The van der Waals surface area contributed by atoms with Crippen LogP contribution in [0.4, 0.5) is 0 Å². The molecule has 1 N–H and O–H groups in total. The molecule has 114 valence electrons. The highest BCUT2D eigenvalue weighted by molar-refractivity contribution is 5.71. The lowest BCUT2D eigenvalue weighted by atomic mass is 9.95. The fraction of sp³-hybridized carbons (Fsp3) is 0.938. The minimum atomic E-state index is -0.578. The van der Waals surface area contributed by atoms with Crippen molar-refractivity contribution in [1.82, 2.24) is 9.80 Å². The quantitative estimate of drug-likeness (QED) is 0.860. The zero-order valence-corrected chi connectivity index (χ0v) is 12.5. The van der Waals surface area contributed by atoms with Gasteiger partial charge in [-0.15, -0.1) is 0 Å². The number of piperidine rings is 2. The molecule has 3 aliphatic rings. The number of hydrogen-bond donors (Lipinski definition) is 1. The first-order chi connectivity index (χ1) is 9.75. The molecule has 3 fully saturated rings. The van der Waals surface area contributed by atoms with Gasteiger partial charge in [0.25, 0.3) is 0 Å². The van der Waals surface area contributed by atoms with E-state index in [0.29, 0.717) is 6.04 Å². The molecule has 20 heavy (non-hydrogen) atoms. The molecule has 0 aromatic rings. The van der Waals surface area contributed by atoms with Crippen molar-refractivity contribution >= 4 is 5.97 Å². The predicted molar refractivity (Wildman–Crippen MR) is 78.8 cm³/mol. The van der Waals surface area contributed by atoms with Gasteiger partial charge in [-0.25, -0.2) is 0 Å². The standard InChI is InChI=1S/C16H28N2O2/c19-16(20)14-5-4-6-15(14)18-11-7-13(8-12-18)17-9-2-1-3-10-17/h13-15H,1-12H2,(H,19,20). The fourth-order valence-corrected chi connectivity index (χ4v) is 4.53. The molecule has 0 bridgehead atoms. The molecule has 4 heteroatoms. The third-order valence-electron chi connectivity index (χ3n) is 5.67. The highest BCUT2D eigenvalue weighted by atomic mass is 16.4. The number of carbonyl (C=O) groups is 1. The number of hydrogen-bond acceptors (Lipinski definition) is 3. The van der Waals surface area contributed by atoms with Crippen molar-refractivity contribution in [3.05, 3.63) is 0 Å². The van der Waals surface area contributed by atoms with Gasteiger partial charge in [-0.05, 0) is 64.7 Å². The second kappa shape index (κ2) is 6.44. The van der Waals surface area contributed by atoms with Crippen LogP contribution in [0, 0.1) is 5.92 Å². The maximum atomic E-state index is 11.3. The van der Waals surface area contributed by atoms with E-state index in [0.717, 1.165) is 38.4 Å². The number of rotatable bonds is 3. The molecule has 4 nitrogen and oxygen atoms in total. The molecule has 1 saturated carbocycles. The molecule has 0 aromatic carbocycles. The van der Waals surface area contributed by atoms with E-state index < -0.39 is 5.97 Å². The van der Waals surface area contributed by atoms with Crippen molar-refractivity contribution in [1.29, 1.82) is 0 Å².